The first-order valence-corrected chi connectivity index (χ1v) is 9.90. The highest BCUT2D eigenvalue weighted by molar-refractivity contribution is 7.99. The molecule has 3 rings (SSSR count). The van der Waals surface area contributed by atoms with E-state index in [1.54, 1.807) is 34.9 Å². The van der Waals surface area contributed by atoms with Crippen molar-refractivity contribution in [2.45, 2.75) is 38.0 Å². The zero-order valence-corrected chi connectivity index (χ0v) is 16.5. The van der Waals surface area contributed by atoms with Crippen molar-refractivity contribution in [3.8, 4) is 0 Å². The second kappa shape index (κ2) is 8.43. The topological polar surface area (TPSA) is 68.3 Å². The minimum absolute atomic E-state index is 0.00746. The fourth-order valence-corrected chi connectivity index (χ4v) is 3.80. The first-order valence-electron chi connectivity index (χ1n) is 8.91. The van der Waals surface area contributed by atoms with Crippen LogP contribution >= 0.6 is 11.8 Å². The predicted molar refractivity (Wildman–Crippen MR) is 107 cm³/mol. The van der Waals surface area contributed by atoms with E-state index in [1.165, 1.54) is 11.8 Å². The molecule has 0 aliphatic heterocycles. The van der Waals surface area contributed by atoms with Gasteiger partial charge in [-0.1, -0.05) is 30.8 Å². The Kier molecular flexibility index (Phi) is 6.01. The van der Waals surface area contributed by atoms with Crippen molar-refractivity contribution in [3.05, 3.63) is 58.8 Å². The summed E-state index contributed by atoms with van der Waals surface area (Å²) in [6.07, 6.45) is 2.39. The molecule has 142 valence electrons. The maximum Gasteiger partial charge on any atom is 0.262 e. The fraction of sp³-hybridized carbons (Fsp3) is 0.350. The number of para-hydroxylation sites is 1. The van der Waals surface area contributed by atoms with Gasteiger partial charge in [-0.3, -0.25) is 14.2 Å². The van der Waals surface area contributed by atoms with Gasteiger partial charge in [0.1, 0.15) is 5.76 Å². The molecule has 27 heavy (non-hydrogen) atoms. The maximum atomic E-state index is 12.9. The number of nitrogens with zero attached hydrogens (tertiary/aromatic N) is 3. The van der Waals surface area contributed by atoms with Gasteiger partial charge >= 0.3 is 0 Å². The van der Waals surface area contributed by atoms with Crippen LogP contribution < -0.4 is 5.56 Å². The lowest BCUT2D eigenvalue weighted by Gasteiger charge is -2.19. The molecule has 1 aromatic carbocycles. The Balaban J connectivity index is 1.83. The third-order valence-electron chi connectivity index (χ3n) is 4.53. The molecule has 0 fully saturated rings. The van der Waals surface area contributed by atoms with Gasteiger partial charge in [0.05, 0.1) is 29.5 Å². The quantitative estimate of drug-likeness (QED) is 0.458. The zero-order chi connectivity index (χ0) is 19.4. The second-order valence-electron chi connectivity index (χ2n) is 6.46. The van der Waals surface area contributed by atoms with Crippen molar-refractivity contribution < 1.29 is 9.21 Å². The van der Waals surface area contributed by atoms with Gasteiger partial charge in [-0.25, -0.2) is 4.98 Å². The lowest BCUT2D eigenvalue weighted by molar-refractivity contribution is -0.127. The summed E-state index contributed by atoms with van der Waals surface area (Å²) in [5.74, 6) is 0.893. The second-order valence-corrected chi connectivity index (χ2v) is 7.40. The van der Waals surface area contributed by atoms with Crippen molar-refractivity contribution >= 4 is 28.6 Å². The number of rotatable bonds is 7. The van der Waals surface area contributed by atoms with Gasteiger partial charge in [-0.2, -0.15) is 0 Å². The minimum Gasteiger partial charge on any atom is -0.467 e. The molecule has 7 heteroatoms. The van der Waals surface area contributed by atoms with E-state index in [2.05, 4.69) is 4.98 Å². The Morgan fingerprint density at radius 3 is 2.78 bits per heavy atom. The Morgan fingerprint density at radius 2 is 2.07 bits per heavy atom. The van der Waals surface area contributed by atoms with Crippen LogP contribution in [0.1, 0.15) is 32.1 Å². The van der Waals surface area contributed by atoms with E-state index < -0.39 is 0 Å². The van der Waals surface area contributed by atoms with E-state index in [1.807, 2.05) is 38.1 Å². The summed E-state index contributed by atoms with van der Waals surface area (Å²) >= 11 is 1.30. The molecule has 6 nitrogen and oxygen atoms in total. The van der Waals surface area contributed by atoms with Crippen molar-refractivity contribution in [3.63, 3.8) is 0 Å². The van der Waals surface area contributed by atoms with Crippen LogP contribution in [0.5, 0.6) is 0 Å². The zero-order valence-electron chi connectivity index (χ0n) is 15.7. The highest BCUT2D eigenvalue weighted by Crippen LogP contribution is 2.22. The van der Waals surface area contributed by atoms with E-state index in [0.717, 1.165) is 12.2 Å². The number of hydrogen-bond donors (Lipinski definition) is 0. The number of furan rings is 1. The van der Waals surface area contributed by atoms with Crippen LogP contribution in [0.4, 0.5) is 0 Å². The molecule has 0 aliphatic rings. The summed E-state index contributed by atoms with van der Waals surface area (Å²) in [7, 11) is 1.74. The molecule has 0 spiro atoms. The lowest BCUT2D eigenvalue weighted by Crippen LogP contribution is -2.29. The Hall–Kier alpha value is -2.54. The highest BCUT2D eigenvalue weighted by Gasteiger charge is 2.18. The van der Waals surface area contributed by atoms with Crippen molar-refractivity contribution in [2.24, 2.45) is 0 Å². The average Bonchev–Trinajstić information content (AvgIpc) is 3.18. The molecule has 0 saturated carbocycles. The van der Waals surface area contributed by atoms with Crippen LogP contribution in [-0.4, -0.2) is 33.2 Å². The molecule has 1 atom stereocenters. The molecular formula is C20H23N3O3S. The predicted octanol–water partition coefficient (Wildman–Crippen LogP) is 3.71. The van der Waals surface area contributed by atoms with Gasteiger partial charge in [0, 0.05) is 13.1 Å². The van der Waals surface area contributed by atoms with Gasteiger partial charge in [0.25, 0.3) is 5.56 Å². The third kappa shape index (κ3) is 4.24. The Bertz CT molecular complexity index is 982. The number of aromatic nitrogens is 2. The molecule has 1 amide bonds. The molecule has 0 radical (unpaired) electrons. The smallest absolute Gasteiger partial charge is 0.262 e. The summed E-state index contributed by atoms with van der Waals surface area (Å²) < 4.78 is 6.99. The SMILES string of the molecule is CC[C@H](C)n1c(SCC(=O)N(C)Cc2ccco2)nc2ccccc2c1=O. The third-order valence-corrected chi connectivity index (χ3v) is 5.47. The van der Waals surface area contributed by atoms with E-state index in [0.29, 0.717) is 22.6 Å². The molecule has 2 heterocycles. The number of benzene rings is 1. The Labute approximate surface area is 162 Å². The van der Waals surface area contributed by atoms with Crippen LogP contribution in [0.2, 0.25) is 0 Å². The van der Waals surface area contributed by atoms with E-state index in [4.69, 9.17) is 4.42 Å². The van der Waals surface area contributed by atoms with Crippen LogP contribution in [0.15, 0.2) is 57.0 Å². The highest BCUT2D eigenvalue weighted by atomic mass is 32.2. The summed E-state index contributed by atoms with van der Waals surface area (Å²) in [5, 5.41) is 1.18. The van der Waals surface area contributed by atoms with Crippen molar-refractivity contribution in [1.29, 1.82) is 0 Å². The molecule has 3 aromatic rings. The maximum absolute atomic E-state index is 12.9. The number of thioether (sulfide) groups is 1. The minimum atomic E-state index is -0.0613. The van der Waals surface area contributed by atoms with Gasteiger partial charge in [-0.15, -0.1) is 0 Å². The average molecular weight is 385 g/mol. The number of carbonyl (C=O) groups is 1. The first kappa shape index (κ1) is 19.2. The fourth-order valence-electron chi connectivity index (χ4n) is 2.76. The van der Waals surface area contributed by atoms with Crippen molar-refractivity contribution in [1.82, 2.24) is 14.5 Å². The normalized spacial score (nSPS) is 12.3. The molecule has 0 unspecified atom stereocenters. The van der Waals surface area contributed by atoms with Crippen LogP contribution in [0.3, 0.4) is 0 Å². The molecule has 0 N–H and O–H groups in total. The lowest BCUT2D eigenvalue weighted by atomic mass is 10.2. The van der Waals surface area contributed by atoms with E-state index >= 15 is 0 Å². The molecule has 0 saturated heterocycles. The summed E-state index contributed by atoms with van der Waals surface area (Å²) in [4.78, 5) is 31.7. The Morgan fingerprint density at radius 1 is 1.30 bits per heavy atom. The molecule has 2 aromatic heterocycles. The largest absolute Gasteiger partial charge is 0.467 e. The number of hydrogen-bond acceptors (Lipinski definition) is 5. The van der Waals surface area contributed by atoms with Crippen LogP contribution in [-0.2, 0) is 11.3 Å². The number of amides is 1. The van der Waals surface area contributed by atoms with Crippen LogP contribution in [0.25, 0.3) is 10.9 Å². The van der Waals surface area contributed by atoms with Gasteiger partial charge in [-0.05, 0) is 37.6 Å². The molecule has 0 aliphatic carbocycles. The summed E-state index contributed by atoms with van der Waals surface area (Å²) in [5.41, 5.74) is 0.592. The van der Waals surface area contributed by atoms with Crippen molar-refractivity contribution in [2.75, 3.05) is 12.8 Å². The number of fused-ring (bicyclic) bond motifs is 1. The molecular weight excluding hydrogens is 362 g/mol. The monoisotopic (exact) mass is 385 g/mol. The van der Waals surface area contributed by atoms with E-state index in [-0.39, 0.29) is 23.3 Å². The van der Waals surface area contributed by atoms with Gasteiger partial charge < -0.3 is 9.32 Å². The van der Waals surface area contributed by atoms with Gasteiger partial charge in [0.2, 0.25) is 5.91 Å². The van der Waals surface area contributed by atoms with E-state index in [9.17, 15) is 9.59 Å². The first-order chi connectivity index (χ1) is 13.0. The standard InChI is InChI=1S/C20H23N3O3S/c1-4-14(2)23-19(25)16-9-5-6-10-17(16)21-20(23)27-13-18(24)22(3)12-15-8-7-11-26-15/h5-11,14H,4,12-13H2,1-3H3/t14-/m0/s1. The molecule has 0 bridgehead atoms. The van der Waals surface area contributed by atoms with Crippen LogP contribution in [0, 0.1) is 0 Å². The summed E-state index contributed by atoms with van der Waals surface area (Å²) in [6.45, 7) is 4.44. The summed E-state index contributed by atoms with van der Waals surface area (Å²) in [6, 6.07) is 11.0. The number of carbonyl (C=O) groups excluding carboxylic acids is 1. The van der Waals surface area contributed by atoms with Gasteiger partial charge in [0.15, 0.2) is 5.16 Å².